The normalized spacial score (nSPS) is 21.2. The first-order valence-corrected chi connectivity index (χ1v) is 9.78. The van der Waals surface area contributed by atoms with Crippen molar-refractivity contribution < 1.29 is 19.1 Å². The molecule has 1 aliphatic carbocycles. The summed E-state index contributed by atoms with van der Waals surface area (Å²) in [6.45, 7) is 1.27. The maximum atomic E-state index is 12.4. The fraction of sp³-hybridized carbons (Fsp3) is 0.524. The van der Waals surface area contributed by atoms with E-state index < -0.39 is 11.9 Å². The minimum Gasteiger partial charge on any atom is -0.452 e. The number of nitriles is 1. The quantitative estimate of drug-likeness (QED) is 0.788. The number of anilines is 1. The first-order valence-electron chi connectivity index (χ1n) is 9.78. The zero-order valence-electron chi connectivity index (χ0n) is 15.9. The topological polar surface area (TPSA) is 99.5 Å². The summed E-state index contributed by atoms with van der Waals surface area (Å²) in [5.74, 6) is 0.206. The van der Waals surface area contributed by atoms with Crippen molar-refractivity contribution in [3.8, 4) is 6.07 Å². The molecule has 0 unspecified atom stereocenters. The van der Waals surface area contributed by atoms with Crippen molar-refractivity contribution in [2.75, 3.05) is 25.0 Å². The van der Waals surface area contributed by atoms with Gasteiger partial charge in [0.05, 0.1) is 11.6 Å². The molecular formula is C21H25N3O4. The standard InChI is InChI=1S/C21H25N3O4/c22-11-9-19(25)23-18-7-5-16(6-8-18)21(27)28-14-20(26)24-12-10-15-3-1-2-4-17(15)13-24/h5-8,15,17H,1-4,9-10,12-14H2,(H,23,25)/t15-,17-/m0/s1. The third-order valence-electron chi connectivity index (χ3n) is 5.61. The van der Waals surface area contributed by atoms with E-state index in [2.05, 4.69) is 5.32 Å². The molecule has 0 aromatic heterocycles. The minimum atomic E-state index is -0.573. The second-order valence-corrected chi connectivity index (χ2v) is 7.47. The van der Waals surface area contributed by atoms with Crippen LogP contribution in [0.4, 0.5) is 5.69 Å². The summed E-state index contributed by atoms with van der Waals surface area (Å²) in [5, 5.41) is 11.0. The number of benzene rings is 1. The van der Waals surface area contributed by atoms with Crippen LogP contribution in [0, 0.1) is 23.2 Å². The second-order valence-electron chi connectivity index (χ2n) is 7.47. The van der Waals surface area contributed by atoms with Crippen LogP contribution in [0.5, 0.6) is 0 Å². The number of hydrogen-bond donors (Lipinski definition) is 1. The molecular weight excluding hydrogens is 358 g/mol. The highest BCUT2D eigenvalue weighted by Gasteiger charge is 2.33. The van der Waals surface area contributed by atoms with Gasteiger partial charge in [0.25, 0.3) is 5.91 Å². The number of carbonyl (C=O) groups excluding carboxylic acids is 3. The molecule has 2 fully saturated rings. The average molecular weight is 383 g/mol. The van der Waals surface area contributed by atoms with E-state index in [0.29, 0.717) is 17.2 Å². The van der Waals surface area contributed by atoms with Gasteiger partial charge < -0.3 is 15.0 Å². The molecule has 28 heavy (non-hydrogen) atoms. The van der Waals surface area contributed by atoms with Crippen LogP contribution < -0.4 is 5.32 Å². The van der Waals surface area contributed by atoms with Crippen molar-refractivity contribution in [1.29, 1.82) is 5.26 Å². The maximum Gasteiger partial charge on any atom is 0.338 e. The van der Waals surface area contributed by atoms with Crippen LogP contribution in [0.3, 0.4) is 0 Å². The van der Waals surface area contributed by atoms with Gasteiger partial charge in [-0.2, -0.15) is 5.26 Å². The minimum absolute atomic E-state index is 0.141. The number of amides is 2. The highest BCUT2D eigenvalue weighted by molar-refractivity contribution is 5.94. The molecule has 3 rings (SSSR count). The van der Waals surface area contributed by atoms with Gasteiger partial charge in [-0.1, -0.05) is 19.3 Å². The molecule has 2 aliphatic rings. The van der Waals surface area contributed by atoms with Gasteiger partial charge in [-0.15, -0.1) is 0 Å². The van der Waals surface area contributed by atoms with Crippen molar-refractivity contribution in [2.24, 2.45) is 11.8 Å². The third kappa shape index (κ3) is 5.10. The van der Waals surface area contributed by atoms with Crippen LogP contribution in [0.25, 0.3) is 0 Å². The van der Waals surface area contributed by atoms with Crippen LogP contribution in [0.15, 0.2) is 24.3 Å². The summed E-state index contributed by atoms with van der Waals surface area (Å²) in [4.78, 5) is 37.8. The zero-order chi connectivity index (χ0) is 19.9. The summed E-state index contributed by atoms with van der Waals surface area (Å²) in [7, 11) is 0. The van der Waals surface area contributed by atoms with Gasteiger partial charge in [-0.25, -0.2) is 4.79 Å². The average Bonchev–Trinajstić information content (AvgIpc) is 2.72. The predicted octanol–water partition coefficient (Wildman–Crippen LogP) is 2.73. The molecule has 0 spiro atoms. The lowest BCUT2D eigenvalue weighted by Crippen LogP contribution is -2.46. The maximum absolute atomic E-state index is 12.4. The molecule has 2 atom stereocenters. The van der Waals surface area contributed by atoms with Gasteiger partial charge in [-0.05, 0) is 48.9 Å². The zero-order valence-corrected chi connectivity index (χ0v) is 15.9. The molecule has 1 heterocycles. The lowest BCUT2D eigenvalue weighted by molar-refractivity contribution is -0.137. The second kappa shape index (κ2) is 9.36. The number of ether oxygens (including phenoxy) is 1. The molecule has 1 saturated heterocycles. The number of likely N-dealkylation sites (tertiary alicyclic amines) is 1. The first-order chi connectivity index (χ1) is 13.6. The van der Waals surface area contributed by atoms with Crippen LogP contribution in [-0.2, 0) is 14.3 Å². The largest absolute Gasteiger partial charge is 0.452 e. The summed E-state index contributed by atoms with van der Waals surface area (Å²) in [5.41, 5.74) is 0.792. The molecule has 1 aromatic carbocycles. The first kappa shape index (κ1) is 19.9. The Kier molecular flexibility index (Phi) is 6.64. The number of piperidine rings is 1. The molecule has 1 aromatic rings. The predicted molar refractivity (Wildman–Crippen MR) is 102 cm³/mol. The highest BCUT2D eigenvalue weighted by atomic mass is 16.5. The Morgan fingerprint density at radius 1 is 1.11 bits per heavy atom. The third-order valence-corrected chi connectivity index (χ3v) is 5.61. The number of nitrogens with one attached hydrogen (secondary N) is 1. The van der Waals surface area contributed by atoms with E-state index in [1.165, 1.54) is 37.8 Å². The number of rotatable bonds is 5. The fourth-order valence-electron chi connectivity index (χ4n) is 4.10. The molecule has 2 amide bonds. The van der Waals surface area contributed by atoms with Crippen LogP contribution in [0.2, 0.25) is 0 Å². The van der Waals surface area contributed by atoms with E-state index in [-0.39, 0.29) is 18.9 Å². The van der Waals surface area contributed by atoms with E-state index in [1.54, 1.807) is 18.2 Å². The van der Waals surface area contributed by atoms with Crippen LogP contribution in [0.1, 0.15) is 48.9 Å². The van der Waals surface area contributed by atoms with Crippen LogP contribution >= 0.6 is 0 Å². The molecule has 0 bridgehead atoms. The van der Waals surface area contributed by atoms with E-state index >= 15 is 0 Å². The Morgan fingerprint density at radius 3 is 2.54 bits per heavy atom. The number of carbonyl (C=O) groups is 3. The molecule has 1 aliphatic heterocycles. The molecule has 148 valence electrons. The number of esters is 1. The Morgan fingerprint density at radius 2 is 1.82 bits per heavy atom. The Bertz CT molecular complexity index is 769. The summed E-state index contributed by atoms with van der Waals surface area (Å²) in [6, 6.07) is 7.91. The lowest BCUT2D eigenvalue weighted by atomic mass is 9.75. The van der Waals surface area contributed by atoms with Gasteiger partial charge in [0.2, 0.25) is 5.91 Å². The molecule has 7 nitrogen and oxygen atoms in total. The Hall–Kier alpha value is -2.88. The number of hydrogen-bond acceptors (Lipinski definition) is 5. The molecule has 7 heteroatoms. The number of nitrogens with zero attached hydrogens (tertiary/aromatic N) is 2. The number of fused-ring (bicyclic) bond motifs is 1. The smallest absolute Gasteiger partial charge is 0.338 e. The van der Waals surface area contributed by atoms with Gasteiger partial charge in [-0.3, -0.25) is 9.59 Å². The summed E-state index contributed by atoms with van der Waals surface area (Å²) < 4.78 is 5.18. The monoisotopic (exact) mass is 383 g/mol. The molecule has 1 N–H and O–H groups in total. The van der Waals surface area contributed by atoms with Gasteiger partial charge in [0.15, 0.2) is 6.61 Å². The fourth-order valence-corrected chi connectivity index (χ4v) is 4.10. The van der Waals surface area contributed by atoms with Crippen molar-refractivity contribution >= 4 is 23.5 Å². The van der Waals surface area contributed by atoms with Crippen molar-refractivity contribution in [2.45, 2.75) is 38.5 Å². The van der Waals surface area contributed by atoms with E-state index in [4.69, 9.17) is 10.00 Å². The molecule has 1 saturated carbocycles. The Balaban J connectivity index is 1.46. The van der Waals surface area contributed by atoms with E-state index in [0.717, 1.165) is 25.4 Å². The lowest BCUT2D eigenvalue weighted by Gasteiger charge is -2.41. The summed E-state index contributed by atoms with van der Waals surface area (Å²) in [6.07, 6.45) is 5.81. The van der Waals surface area contributed by atoms with Crippen molar-refractivity contribution in [3.63, 3.8) is 0 Å². The van der Waals surface area contributed by atoms with Crippen LogP contribution in [-0.4, -0.2) is 42.4 Å². The van der Waals surface area contributed by atoms with E-state index in [1.807, 2.05) is 4.90 Å². The van der Waals surface area contributed by atoms with Gasteiger partial charge in [0.1, 0.15) is 6.42 Å². The van der Waals surface area contributed by atoms with Crippen molar-refractivity contribution in [3.05, 3.63) is 29.8 Å². The summed E-state index contributed by atoms with van der Waals surface area (Å²) >= 11 is 0. The van der Waals surface area contributed by atoms with Gasteiger partial charge in [0, 0.05) is 18.8 Å². The van der Waals surface area contributed by atoms with E-state index in [9.17, 15) is 14.4 Å². The Labute approximate surface area is 164 Å². The SMILES string of the molecule is N#CCC(=O)Nc1ccc(C(=O)OCC(=O)N2CC[C@@H]3CCCC[C@H]3C2)cc1. The van der Waals surface area contributed by atoms with Gasteiger partial charge >= 0.3 is 5.97 Å². The van der Waals surface area contributed by atoms with Crippen molar-refractivity contribution in [1.82, 2.24) is 4.90 Å². The molecule has 0 radical (unpaired) electrons. The highest BCUT2D eigenvalue weighted by Crippen LogP contribution is 2.36.